The number of benzene rings is 1. The highest BCUT2D eigenvalue weighted by molar-refractivity contribution is 5.79. The Labute approximate surface area is 172 Å². The molecule has 7 nitrogen and oxygen atoms in total. The molecule has 7 heteroatoms. The van der Waals surface area contributed by atoms with Gasteiger partial charge < -0.3 is 19.3 Å². The minimum absolute atomic E-state index is 0.131. The van der Waals surface area contributed by atoms with Crippen LogP contribution in [-0.4, -0.2) is 68.5 Å². The molecule has 0 spiro atoms. The molecule has 0 aromatic heterocycles. The van der Waals surface area contributed by atoms with E-state index < -0.39 is 0 Å². The van der Waals surface area contributed by atoms with Gasteiger partial charge in [-0.05, 0) is 36.8 Å². The summed E-state index contributed by atoms with van der Waals surface area (Å²) in [4.78, 5) is 20.7. The Kier molecular flexibility index (Phi) is 9.46. The van der Waals surface area contributed by atoms with E-state index in [2.05, 4.69) is 16.0 Å². The third kappa shape index (κ3) is 8.20. The fourth-order valence-corrected chi connectivity index (χ4v) is 2.73. The Hall–Kier alpha value is -3.11. The van der Waals surface area contributed by atoms with Crippen molar-refractivity contribution < 1.29 is 14.3 Å². The van der Waals surface area contributed by atoms with Gasteiger partial charge in [0.2, 0.25) is 5.91 Å². The van der Waals surface area contributed by atoms with E-state index in [0.717, 1.165) is 24.4 Å². The molecule has 0 radical (unpaired) electrons. The Balaban J connectivity index is 1.73. The van der Waals surface area contributed by atoms with Crippen molar-refractivity contribution in [1.29, 1.82) is 5.26 Å². The molecule has 1 saturated heterocycles. The smallest absolute Gasteiger partial charge is 0.227 e. The fraction of sp³-hybridized carbons (Fsp3) is 0.409. The summed E-state index contributed by atoms with van der Waals surface area (Å²) in [7, 11) is 1.64. The predicted molar refractivity (Wildman–Crippen MR) is 113 cm³/mol. The molecule has 0 atom stereocenters. The van der Waals surface area contributed by atoms with E-state index >= 15 is 0 Å². The number of hydrogen-bond acceptors (Lipinski definition) is 5. The Morgan fingerprint density at radius 2 is 1.93 bits per heavy atom. The van der Waals surface area contributed by atoms with Crippen LogP contribution >= 0.6 is 0 Å². The van der Waals surface area contributed by atoms with Gasteiger partial charge in [-0.2, -0.15) is 5.26 Å². The van der Waals surface area contributed by atoms with Crippen LogP contribution in [0.15, 0.2) is 53.2 Å². The second-order valence-corrected chi connectivity index (χ2v) is 6.65. The maximum Gasteiger partial charge on any atom is 0.227 e. The molecule has 1 aromatic rings. The molecule has 1 aliphatic heterocycles. The number of allylic oxidation sites excluding steroid dienone is 3. The van der Waals surface area contributed by atoms with Crippen molar-refractivity contribution in [3.8, 4) is 11.8 Å². The molecule has 1 aromatic carbocycles. The normalized spacial score (nSPS) is 15.1. The molecule has 154 valence electrons. The van der Waals surface area contributed by atoms with Crippen LogP contribution in [0.25, 0.3) is 0 Å². The summed E-state index contributed by atoms with van der Waals surface area (Å²) in [6, 6.07) is 9.67. The lowest BCUT2D eigenvalue weighted by atomic mass is 10.1. The highest BCUT2D eigenvalue weighted by Crippen LogP contribution is 2.14. The molecule has 0 aliphatic carbocycles. The summed E-state index contributed by atoms with van der Waals surface area (Å²) in [5.74, 6) is 0.908. The van der Waals surface area contributed by atoms with Crippen LogP contribution < -0.4 is 4.74 Å². The molecule has 1 fully saturated rings. The van der Waals surface area contributed by atoms with E-state index in [1.54, 1.807) is 38.7 Å². The first-order chi connectivity index (χ1) is 14.1. The third-order valence-electron chi connectivity index (χ3n) is 4.43. The SMILES string of the molecule is COCCOc1ccc(CC(=O)N2CCN(C=N/C=C\C=C(/C)C#N)CC2)cc1. The van der Waals surface area contributed by atoms with Crippen molar-refractivity contribution >= 4 is 12.2 Å². The lowest BCUT2D eigenvalue weighted by Gasteiger charge is -2.33. The lowest BCUT2D eigenvalue weighted by Crippen LogP contribution is -2.48. The Morgan fingerprint density at radius 1 is 1.21 bits per heavy atom. The molecule has 29 heavy (non-hydrogen) atoms. The zero-order valence-electron chi connectivity index (χ0n) is 17.1. The summed E-state index contributed by atoms with van der Waals surface area (Å²) >= 11 is 0. The number of rotatable bonds is 9. The molecule has 0 saturated carbocycles. The van der Waals surface area contributed by atoms with E-state index in [4.69, 9.17) is 14.7 Å². The number of carbonyl (C=O) groups excluding carboxylic acids is 1. The first-order valence-corrected chi connectivity index (χ1v) is 9.61. The molecular weight excluding hydrogens is 368 g/mol. The maximum atomic E-state index is 12.5. The molecule has 0 N–H and O–H groups in total. The van der Waals surface area contributed by atoms with Crippen LogP contribution in [0.4, 0.5) is 0 Å². The van der Waals surface area contributed by atoms with Gasteiger partial charge >= 0.3 is 0 Å². The first-order valence-electron chi connectivity index (χ1n) is 9.61. The molecule has 1 aliphatic rings. The number of carbonyl (C=O) groups is 1. The van der Waals surface area contributed by atoms with Gasteiger partial charge in [-0.15, -0.1) is 0 Å². The van der Waals surface area contributed by atoms with Gasteiger partial charge in [0, 0.05) is 45.1 Å². The summed E-state index contributed by atoms with van der Waals surface area (Å²) in [5, 5.41) is 8.67. The van der Waals surface area contributed by atoms with Gasteiger partial charge in [0.1, 0.15) is 12.4 Å². The van der Waals surface area contributed by atoms with Crippen molar-refractivity contribution in [3.63, 3.8) is 0 Å². The Bertz CT molecular complexity index is 770. The van der Waals surface area contributed by atoms with Gasteiger partial charge in [-0.25, -0.2) is 4.99 Å². The lowest BCUT2D eigenvalue weighted by molar-refractivity contribution is -0.131. The fourth-order valence-electron chi connectivity index (χ4n) is 2.73. The zero-order valence-corrected chi connectivity index (χ0v) is 17.1. The summed E-state index contributed by atoms with van der Waals surface area (Å²) in [5.41, 5.74) is 1.61. The standard InChI is InChI=1S/C22H28N4O3/c1-19(17-23)4-3-9-24-18-25-10-12-26(13-11-25)22(27)16-20-5-7-21(8-6-20)29-15-14-28-2/h3-9,18H,10-16H2,1-2H3/b9-3-,19-4+,24-18?. The second kappa shape index (κ2) is 12.4. The monoisotopic (exact) mass is 396 g/mol. The van der Waals surface area contributed by atoms with E-state index in [1.807, 2.05) is 29.2 Å². The zero-order chi connectivity index (χ0) is 20.9. The van der Waals surface area contributed by atoms with Crippen LogP contribution in [0, 0.1) is 11.3 Å². The van der Waals surface area contributed by atoms with Gasteiger partial charge in [-0.1, -0.05) is 12.1 Å². The predicted octanol–water partition coefficient (Wildman–Crippen LogP) is 2.41. The number of aliphatic imine (C=N–C) groups is 1. The minimum atomic E-state index is 0.131. The number of methoxy groups -OCH3 is 1. The average Bonchev–Trinajstić information content (AvgIpc) is 2.75. The van der Waals surface area contributed by atoms with Crippen molar-refractivity contribution in [3.05, 3.63) is 53.8 Å². The largest absolute Gasteiger partial charge is 0.491 e. The van der Waals surface area contributed by atoms with Crippen LogP contribution in [0.1, 0.15) is 12.5 Å². The first kappa shape index (κ1) is 22.2. The number of hydrogen-bond donors (Lipinski definition) is 0. The van der Waals surface area contributed by atoms with Crippen molar-refractivity contribution in [2.24, 2.45) is 4.99 Å². The molecular formula is C22H28N4O3. The van der Waals surface area contributed by atoms with Gasteiger partial charge in [0.15, 0.2) is 0 Å². The van der Waals surface area contributed by atoms with Crippen molar-refractivity contribution in [1.82, 2.24) is 9.80 Å². The number of amides is 1. The summed E-state index contributed by atoms with van der Waals surface area (Å²) < 4.78 is 10.5. The maximum absolute atomic E-state index is 12.5. The van der Waals surface area contributed by atoms with Gasteiger partial charge in [-0.3, -0.25) is 4.79 Å². The van der Waals surface area contributed by atoms with E-state index in [0.29, 0.717) is 38.3 Å². The number of ether oxygens (including phenoxy) is 2. The molecule has 1 heterocycles. The van der Waals surface area contributed by atoms with Crippen LogP contribution in [0.5, 0.6) is 5.75 Å². The van der Waals surface area contributed by atoms with Crippen LogP contribution in [-0.2, 0) is 16.0 Å². The highest BCUT2D eigenvalue weighted by Gasteiger charge is 2.19. The van der Waals surface area contributed by atoms with Crippen molar-refractivity contribution in [2.75, 3.05) is 46.5 Å². The molecule has 0 unspecified atom stereocenters. The van der Waals surface area contributed by atoms with Crippen LogP contribution in [0.3, 0.4) is 0 Å². The Morgan fingerprint density at radius 3 is 2.59 bits per heavy atom. The highest BCUT2D eigenvalue weighted by atomic mass is 16.5. The van der Waals surface area contributed by atoms with Crippen LogP contribution in [0.2, 0.25) is 0 Å². The average molecular weight is 396 g/mol. The van der Waals surface area contributed by atoms with Gasteiger partial charge in [0.05, 0.1) is 25.4 Å². The molecule has 0 bridgehead atoms. The quantitative estimate of drug-likeness (QED) is 0.211. The number of piperazine rings is 1. The van der Waals surface area contributed by atoms with E-state index in [-0.39, 0.29) is 5.91 Å². The summed E-state index contributed by atoms with van der Waals surface area (Å²) in [6.07, 6.45) is 7.27. The number of nitrogens with zero attached hydrogens (tertiary/aromatic N) is 4. The van der Waals surface area contributed by atoms with E-state index in [1.165, 1.54) is 0 Å². The molecule has 2 rings (SSSR count). The summed E-state index contributed by atoms with van der Waals surface area (Å²) in [6.45, 7) is 5.67. The van der Waals surface area contributed by atoms with E-state index in [9.17, 15) is 4.79 Å². The second-order valence-electron chi connectivity index (χ2n) is 6.65. The minimum Gasteiger partial charge on any atom is -0.491 e. The van der Waals surface area contributed by atoms with Gasteiger partial charge in [0.25, 0.3) is 0 Å². The topological polar surface area (TPSA) is 78.2 Å². The van der Waals surface area contributed by atoms with Crippen molar-refractivity contribution in [2.45, 2.75) is 13.3 Å². The number of nitriles is 1. The third-order valence-corrected chi connectivity index (χ3v) is 4.43. The molecule has 1 amide bonds.